The smallest absolute Gasteiger partial charge is 0.0650 e. The standard InChI is InChI=1S/C18H19N3/c1-2-4-15(5-3-1)10-12-19-14-16-6-8-17(9-7-16)18-11-13-20-21-18/h1-9,11,13,19H,10,12,14H2,(H,20,21). The first kappa shape index (κ1) is 13.6. The van der Waals surface area contributed by atoms with Gasteiger partial charge in [-0.05, 0) is 35.7 Å². The Morgan fingerprint density at radius 3 is 2.38 bits per heavy atom. The Labute approximate surface area is 125 Å². The molecular formula is C18H19N3. The van der Waals surface area contributed by atoms with Gasteiger partial charge in [0.15, 0.2) is 0 Å². The molecule has 0 atom stereocenters. The molecule has 0 bridgehead atoms. The van der Waals surface area contributed by atoms with Gasteiger partial charge in [0.05, 0.1) is 5.69 Å². The highest BCUT2D eigenvalue weighted by atomic mass is 15.1. The topological polar surface area (TPSA) is 40.7 Å². The van der Waals surface area contributed by atoms with Gasteiger partial charge in [-0.25, -0.2) is 0 Å². The van der Waals surface area contributed by atoms with E-state index in [4.69, 9.17) is 0 Å². The Bertz CT molecular complexity index is 643. The molecule has 0 saturated carbocycles. The Balaban J connectivity index is 1.47. The third kappa shape index (κ3) is 3.80. The number of rotatable bonds is 6. The second kappa shape index (κ2) is 6.86. The van der Waals surface area contributed by atoms with Crippen molar-refractivity contribution in [2.24, 2.45) is 0 Å². The lowest BCUT2D eigenvalue weighted by Crippen LogP contribution is -2.16. The molecule has 1 aromatic heterocycles. The zero-order chi connectivity index (χ0) is 14.3. The van der Waals surface area contributed by atoms with Crippen molar-refractivity contribution in [3.05, 3.63) is 78.0 Å². The van der Waals surface area contributed by atoms with Crippen LogP contribution in [0.3, 0.4) is 0 Å². The summed E-state index contributed by atoms with van der Waals surface area (Å²) >= 11 is 0. The van der Waals surface area contributed by atoms with Crippen LogP contribution in [0.5, 0.6) is 0 Å². The monoisotopic (exact) mass is 277 g/mol. The summed E-state index contributed by atoms with van der Waals surface area (Å²) in [6.45, 7) is 1.89. The fourth-order valence-corrected chi connectivity index (χ4v) is 2.33. The lowest BCUT2D eigenvalue weighted by molar-refractivity contribution is 0.687. The molecule has 1 heterocycles. The first-order valence-corrected chi connectivity index (χ1v) is 7.25. The van der Waals surface area contributed by atoms with Crippen LogP contribution in [0.15, 0.2) is 66.9 Å². The van der Waals surface area contributed by atoms with Gasteiger partial charge in [0.2, 0.25) is 0 Å². The number of nitrogens with zero attached hydrogens (tertiary/aromatic N) is 1. The van der Waals surface area contributed by atoms with Crippen LogP contribution in [0.25, 0.3) is 11.3 Å². The van der Waals surface area contributed by atoms with Crippen LogP contribution < -0.4 is 5.32 Å². The minimum Gasteiger partial charge on any atom is -0.312 e. The minimum atomic E-state index is 0.899. The van der Waals surface area contributed by atoms with Crippen molar-refractivity contribution in [2.75, 3.05) is 6.54 Å². The predicted octanol–water partition coefficient (Wildman–Crippen LogP) is 3.41. The average molecular weight is 277 g/mol. The number of aromatic nitrogens is 2. The molecule has 0 aliphatic rings. The summed E-state index contributed by atoms with van der Waals surface area (Å²) in [5, 5.41) is 10.4. The zero-order valence-electron chi connectivity index (χ0n) is 11.9. The van der Waals surface area contributed by atoms with E-state index in [0.717, 1.165) is 25.2 Å². The average Bonchev–Trinajstić information content (AvgIpc) is 3.08. The number of benzene rings is 2. The first-order chi connectivity index (χ1) is 10.4. The first-order valence-electron chi connectivity index (χ1n) is 7.25. The number of nitrogens with one attached hydrogen (secondary N) is 2. The third-order valence-electron chi connectivity index (χ3n) is 3.53. The van der Waals surface area contributed by atoms with E-state index < -0.39 is 0 Å². The predicted molar refractivity (Wildman–Crippen MR) is 85.9 cm³/mol. The summed E-state index contributed by atoms with van der Waals surface area (Å²) in [6, 6.07) is 21.1. The number of H-pyrrole nitrogens is 1. The van der Waals surface area contributed by atoms with E-state index in [0.29, 0.717) is 0 Å². The fourth-order valence-electron chi connectivity index (χ4n) is 2.33. The highest BCUT2D eigenvalue weighted by Gasteiger charge is 1.99. The molecular weight excluding hydrogens is 258 g/mol. The highest BCUT2D eigenvalue weighted by Crippen LogP contribution is 2.16. The second-order valence-electron chi connectivity index (χ2n) is 5.08. The van der Waals surface area contributed by atoms with Crippen molar-refractivity contribution in [3.63, 3.8) is 0 Å². The maximum Gasteiger partial charge on any atom is 0.0650 e. The molecule has 21 heavy (non-hydrogen) atoms. The molecule has 0 saturated heterocycles. The largest absolute Gasteiger partial charge is 0.312 e. The number of hydrogen-bond acceptors (Lipinski definition) is 2. The normalized spacial score (nSPS) is 10.7. The molecule has 3 heteroatoms. The molecule has 0 amide bonds. The fraction of sp³-hybridized carbons (Fsp3) is 0.167. The van der Waals surface area contributed by atoms with Crippen molar-refractivity contribution in [1.29, 1.82) is 0 Å². The van der Waals surface area contributed by atoms with Crippen molar-refractivity contribution in [1.82, 2.24) is 15.5 Å². The molecule has 0 aliphatic heterocycles. The molecule has 3 rings (SSSR count). The molecule has 0 fully saturated rings. The SMILES string of the molecule is c1ccc(CCNCc2ccc(-c3ccn[nH]3)cc2)cc1. The van der Waals surface area contributed by atoms with Gasteiger partial charge in [-0.2, -0.15) is 5.10 Å². The maximum atomic E-state index is 3.97. The van der Waals surface area contributed by atoms with E-state index in [2.05, 4.69) is 70.1 Å². The second-order valence-corrected chi connectivity index (χ2v) is 5.08. The number of aromatic amines is 1. The zero-order valence-corrected chi connectivity index (χ0v) is 11.9. The van der Waals surface area contributed by atoms with Gasteiger partial charge in [0.1, 0.15) is 0 Å². The third-order valence-corrected chi connectivity index (χ3v) is 3.53. The summed E-state index contributed by atoms with van der Waals surface area (Å²) in [4.78, 5) is 0. The lowest BCUT2D eigenvalue weighted by atomic mass is 10.1. The quantitative estimate of drug-likeness (QED) is 0.678. The van der Waals surface area contributed by atoms with E-state index in [1.165, 1.54) is 16.7 Å². The van der Waals surface area contributed by atoms with Crippen LogP contribution in [0.4, 0.5) is 0 Å². The van der Waals surface area contributed by atoms with E-state index in [1.807, 2.05) is 6.07 Å². The molecule has 0 radical (unpaired) electrons. The Morgan fingerprint density at radius 2 is 1.67 bits per heavy atom. The molecule has 0 aliphatic carbocycles. The van der Waals surface area contributed by atoms with Crippen molar-refractivity contribution < 1.29 is 0 Å². The molecule has 3 aromatic rings. The molecule has 0 unspecified atom stereocenters. The van der Waals surface area contributed by atoms with Gasteiger partial charge in [-0.3, -0.25) is 5.10 Å². The molecule has 106 valence electrons. The van der Waals surface area contributed by atoms with E-state index in [9.17, 15) is 0 Å². The molecule has 2 aromatic carbocycles. The minimum absolute atomic E-state index is 0.899. The van der Waals surface area contributed by atoms with Crippen LogP contribution in [-0.4, -0.2) is 16.7 Å². The van der Waals surface area contributed by atoms with Gasteiger partial charge >= 0.3 is 0 Å². The van der Waals surface area contributed by atoms with Gasteiger partial charge < -0.3 is 5.32 Å². The summed E-state index contributed by atoms with van der Waals surface area (Å²) in [5.74, 6) is 0. The Morgan fingerprint density at radius 1 is 0.857 bits per heavy atom. The number of hydrogen-bond donors (Lipinski definition) is 2. The Hall–Kier alpha value is -2.39. The van der Waals surface area contributed by atoms with E-state index in [1.54, 1.807) is 6.20 Å². The molecule has 2 N–H and O–H groups in total. The van der Waals surface area contributed by atoms with Crippen LogP contribution in [0.2, 0.25) is 0 Å². The maximum absolute atomic E-state index is 3.97. The molecule has 0 spiro atoms. The van der Waals surface area contributed by atoms with Crippen LogP contribution >= 0.6 is 0 Å². The highest BCUT2D eigenvalue weighted by molar-refractivity contribution is 5.58. The van der Waals surface area contributed by atoms with Crippen LogP contribution in [0, 0.1) is 0 Å². The summed E-state index contributed by atoms with van der Waals surface area (Å²) < 4.78 is 0. The summed E-state index contributed by atoms with van der Waals surface area (Å²) in [5.41, 5.74) is 4.89. The van der Waals surface area contributed by atoms with Gasteiger partial charge in [0.25, 0.3) is 0 Å². The van der Waals surface area contributed by atoms with Crippen LogP contribution in [-0.2, 0) is 13.0 Å². The molecule has 3 nitrogen and oxygen atoms in total. The van der Waals surface area contributed by atoms with Gasteiger partial charge in [-0.1, -0.05) is 54.6 Å². The van der Waals surface area contributed by atoms with Gasteiger partial charge in [0, 0.05) is 12.7 Å². The van der Waals surface area contributed by atoms with E-state index >= 15 is 0 Å². The summed E-state index contributed by atoms with van der Waals surface area (Å²) in [7, 11) is 0. The lowest BCUT2D eigenvalue weighted by Gasteiger charge is -2.06. The van der Waals surface area contributed by atoms with Crippen molar-refractivity contribution >= 4 is 0 Å². The summed E-state index contributed by atoms with van der Waals surface area (Å²) in [6.07, 6.45) is 2.83. The van der Waals surface area contributed by atoms with Crippen molar-refractivity contribution in [3.8, 4) is 11.3 Å². The Kier molecular flexibility index (Phi) is 4.44. The van der Waals surface area contributed by atoms with Crippen molar-refractivity contribution in [2.45, 2.75) is 13.0 Å². The van der Waals surface area contributed by atoms with E-state index in [-0.39, 0.29) is 0 Å². The van der Waals surface area contributed by atoms with Gasteiger partial charge in [-0.15, -0.1) is 0 Å². The van der Waals surface area contributed by atoms with Crippen LogP contribution in [0.1, 0.15) is 11.1 Å².